The molecule has 0 aromatic rings. The summed E-state index contributed by atoms with van der Waals surface area (Å²) in [5.41, 5.74) is 0. The number of nitrogens with zero attached hydrogens (tertiary/aromatic N) is 1. The summed E-state index contributed by atoms with van der Waals surface area (Å²) < 4.78 is 0. The third-order valence-corrected chi connectivity index (χ3v) is 4.08. The van der Waals surface area contributed by atoms with E-state index in [0.29, 0.717) is 17.7 Å². The van der Waals surface area contributed by atoms with Gasteiger partial charge in [-0.05, 0) is 18.3 Å². The molecule has 0 saturated carbocycles. The molecule has 1 rings (SSSR count). The molecule has 1 aliphatic rings. The Hall–Kier alpha value is -0.570. The Morgan fingerprint density at radius 2 is 1.89 bits per heavy atom. The minimum atomic E-state index is 0.0315. The summed E-state index contributed by atoms with van der Waals surface area (Å²) in [5, 5.41) is 3.54. The van der Waals surface area contributed by atoms with Crippen LogP contribution in [0.1, 0.15) is 60.3 Å². The van der Waals surface area contributed by atoms with Crippen molar-refractivity contribution in [3.8, 4) is 0 Å². The first-order valence-electron chi connectivity index (χ1n) is 7.59. The van der Waals surface area contributed by atoms with E-state index >= 15 is 0 Å². The van der Waals surface area contributed by atoms with Gasteiger partial charge in [0.1, 0.15) is 0 Å². The first-order chi connectivity index (χ1) is 8.52. The van der Waals surface area contributed by atoms with Gasteiger partial charge in [0.05, 0.1) is 12.2 Å². The minimum absolute atomic E-state index is 0.0315. The van der Waals surface area contributed by atoms with Gasteiger partial charge in [-0.25, -0.2) is 0 Å². The highest BCUT2D eigenvalue weighted by molar-refractivity contribution is 5.84. The van der Waals surface area contributed by atoms with Gasteiger partial charge in [-0.3, -0.25) is 10.1 Å². The Labute approximate surface area is 112 Å². The molecule has 3 nitrogen and oxygen atoms in total. The van der Waals surface area contributed by atoms with Crippen molar-refractivity contribution >= 4 is 5.91 Å². The summed E-state index contributed by atoms with van der Waals surface area (Å²) in [6.45, 7) is 11.8. The van der Waals surface area contributed by atoms with Crippen molar-refractivity contribution < 1.29 is 4.79 Å². The second-order valence-electron chi connectivity index (χ2n) is 5.96. The van der Waals surface area contributed by atoms with Gasteiger partial charge in [0.2, 0.25) is 5.91 Å². The molecule has 1 saturated heterocycles. The Balaban J connectivity index is 2.68. The van der Waals surface area contributed by atoms with E-state index in [1.807, 2.05) is 0 Å². The lowest BCUT2D eigenvalue weighted by molar-refractivity contribution is -0.131. The summed E-state index contributed by atoms with van der Waals surface area (Å²) in [4.78, 5) is 14.6. The van der Waals surface area contributed by atoms with Crippen LogP contribution in [0.3, 0.4) is 0 Å². The normalized spacial score (nSPS) is 26.1. The molecule has 3 unspecified atom stereocenters. The minimum Gasteiger partial charge on any atom is -0.326 e. The molecule has 0 aromatic heterocycles. The predicted molar refractivity (Wildman–Crippen MR) is 76.2 cm³/mol. The van der Waals surface area contributed by atoms with Gasteiger partial charge in [-0.2, -0.15) is 0 Å². The molecule has 3 atom stereocenters. The summed E-state index contributed by atoms with van der Waals surface area (Å²) >= 11 is 0. The number of hydrogen-bond acceptors (Lipinski definition) is 2. The molecule has 106 valence electrons. The van der Waals surface area contributed by atoms with Crippen molar-refractivity contribution in [2.24, 2.45) is 11.8 Å². The Morgan fingerprint density at radius 1 is 1.22 bits per heavy atom. The molecule has 0 spiro atoms. The Kier molecular flexibility index (Phi) is 6.13. The maximum atomic E-state index is 12.5. The summed E-state index contributed by atoms with van der Waals surface area (Å²) in [6, 6.07) is 0.0315. The van der Waals surface area contributed by atoms with Crippen LogP contribution in [0.25, 0.3) is 0 Å². The Bertz CT molecular complexity index is 265. The highest BCUT2D eigenvalue weighted by Gasteiger charge is 2.41. The number of amides is 1. The van der Waals surface area contributed by atoms with Crippen molar-refractivity contribution in [2.45, 2.75) is 72.5 Å². The van der Waals surface area contributed by atoms with Gasteiger partial charge in [-0.15, -0.1) is 0 Å². The van der Waals surface area contributed by atoms with Gasteiger partial charge in [0.15, 0.2) is 0 Å². The monoisotopic (exact) mass is 254 g/mol. The quantitative estimate of drug-likeness (QED) is 0.708. The highest BCUT2D eigenvalue weighted by Crippen LogP contribution is 2.23. The van der Waals surface area contributed by atoms with Crippen molar-refractivity contribution in [3.05, 3.63) is 0 Å². The van der Waals surface area contributed by atoms with Crippen molar-refractivity contribution in [1.29, 1.82) is 0 Å². The zero-order chi connectivity index (χ0) is 13.7. The third-order valence-electron chi connectivity index (χ3n) is 4.08. The molecular formula is C15H30N2O. The van der Waals surface area contributed by atoms with Crippen LogP contribution < -0.4 is 5.32 Å². The predicted octanol–water partition coefficient (Wildman–Crippen LogP) is 3.01. The van der Waals surface area contributed by atoms with E-state index in [-0.39, 0.29) is 12.2 Å². The lowest BCUT2D eigenvalue weighted by Gasteiger charge is -2.27. The molecule has 1 N–H and O–H groups in total. The van der Waals surface area contributed by atoms with Crippen molar-refractivity contribution in [3.63, 3.8) is 0 Å². The molecule has 0 aliphatic carbocycles. The maximum absolute atomic E-state index is 12.5. The van der Waals surface area contributed by atoms with Crippen LogP contribution in [0.4, 0.5) is 0 Å². The van der Waals surface area contributed by atoms with Crippen molar-refractivity contribution in [1.82, 2.24) is 10.2 Å². The van der Waals surface area contributed by atoms with Gasteiger partial charge in [-0.1, -0.05) is 53.9 Å². The van der Waals surface area contributed by atoms with Gasteiger partial charge >= 0.3 is 0 Å². The van der Waals surface area contributed by atoms with Gasteiger partial charge in [0.25, 0.3) is 0 Å². The fraction of sp³-hybridized carbons (Fsp3) is 0.933. The third kappa shape index (κ3) is 3.47. The molecular weight excluding hydrogens is 224 g/mol. The second kappa shape index (κ2) is 7.13. The fourth-order valence-corrected chi connectivity index (χ4v) is 2.64. The second-order valence-corrected chi connectivity index (χ2v) is 5.96. The molecule has 0 bridgehead atoms. The smallest absolute Gasteiger partial charge is 0.241 e. The van der Waals surface area contributed by atoms with Gasteiger partial charge in [0, 0.05) is 6.54 Å². The lowest BCUT2D eigenvalue weighted by atomic mass is 9.99. The van der Waals surface area contributed by atoms with Crippen LogP contribution in [-0.4, -0.2) is 29.6 Å². The van der Waals surface area contributed by atoms with E-state index in [0.717, 1.165) is 19.4 Å². The number of nitrogens with one attached hydrogen (secondary N) is 1. The van der Waals surface area contributed by atoms with Crippen LogP contribution in [0.5, 0.6) is 0 Å². The average Bonchev–Trinajstić information content (AvgIpc) is 2.67. The first kappa shape index (κ1) is 15.5. The van der Waals surface area contributed by atoms with Crippen LogP contribution in [0, 0.1) is 11.8 Å². The van der Waals surface area contributed by atoms with E-state index in [9.17, 15) is 4.79 Å². The fourth-order valence-electron chi connectivity index (χ4n) is 2.64. The standard InChI is InChI=1S/C15H30N2O/c1-6-8-9-10-17-14(11(3)4)16-13(15(17)18)12(5)7-2/h11-14,16H,6-10H2,1-5H3. The highest BCUT2D eigenvalue weighted by atomic mass is 16.2. The molecule has 1 aliphatic heterocycles. The van der Waals surface area contributed by atoms with Crippen LogP contribution >= 0.6 is 0 Å². The van der Waals surface area contributed by atoms with E-state index in [2.05, 4.69) is 44.8 Å². The van der Waals surface area contributed by atoms with E-state index in [4.69, 9.17) is 0 Å². The molecule has 0 aromatic carbocycles. The first-order valence-corrected chi connectivity index (χ1v) is 7.59. The maximum Gasteiger partial charge on any atom is 0.241 e. The number of unbranched alkanes of at least 4 members (excludes halogenated alkanes) is 2. The number of hydrogen-bond donors (Lipinski definition) is 1. The largest absolute Gasteiger partial charge is 0.326 e. The van der Waals surface area contributed by atoms with E-state index < -0.39 is 0 Å². The van der Waals surface area contributed by atoms with Gasteiger partial charge < -0.3 is 4.90 Å². The van der Waals surface area contributed by atoms with Crippen LogP contribution in [0.15, 0.2) is 0 Å². The Morgan fingerprint density at radius 3 is 2.39 bits per heavy atom. The topological polar surface area (TPSA) is 32.3 Å². The molecule has 1 amide bonds. The van der Waals surface area contributed by atoms with Crippen molar-refractivity contribution in [2.75, 3.05) is 6.54 Å². The van der Waals surface area contributed by atoms with E-state index in [1.54, 1.807) is 0 Å². The average molecular weight is 254 g/mol. The molecule has 1 heterocycles. The number of rotatable bonds is 7. The van der Waals surface area contributed by atoms with Crippen LogP contribution in [-0.2, 0) is 4.79 Å². The van der Waals surface area contributed by atoms with Crippen LogP contribution in [0.2, 0.25) is 0 Å². The summed E-state index contributed by atoms with van der Waals surface area (Å²) in [5.74, 6) is 1.22. The zero-order valence-corrected chi connectivity index (χ0v) is 12.7. The molecule has 1 fully saturated rings. The zero-order valence-electron chi connectivity index (χ0n) is 12.7. The number of carbonyl (C=O) groups is 1. The van der Waals surface area contributed by atoms with E-state index in [1.165, 1.54) is 12.8 Å². The molecule has 18 heavy (non-hydrogen) atoms. The molecule has 0 radical (unpaired) electrons. The summed E-state index contributed by atoms with van der Waals surface area (Å²) in [6.07, 6.45) is 4.82. The molecule has 3 heteroatoms. The number of carbonyl (C=O) groups excluding carboxylic acids is 1. The summed E-state index contributed by atoms with van der Waals surface area (Å²) in [7, 11) is 0. The SMILES string of the molecule is CCCCCN1C(=O)C(C(C)CC)NC1C(C)C. The lowest BCUT2D eigenvalue weighted by Crippen LogP contribution is -2.42.